The number of hydrogen-bond donors (Lipinski definition) is 2. The van der Waals surface area contributed by atoms with Crippen LogP contribution in [0.2, 0.25) is 0 Å². The van der Waals surface area contributed by atoms with E-state index in [2.05, 4.69) is 60.9 Å². The van der Waals surface area contributed by atoms with E-state index in [1.807, 2.05) is 36.4 Å². The molecule has 0 atom stereocenters. The predicted octanol–water partition coefficient (Wildman–Crippen LogP) is 5.79. The van der Waals surface area contributed by atoms with Crippen LogP contribution in [0, 0.1) is 13.8 Å². The summed E-state index contributed by atoms with van der Waals surface area (Å²) in [6, 6.07) is 24.9. The minimum absolute atomic E-state index is 1.11. The van der Waals surface area contributed by atoms with Gasteiger partial charge >= 0.3 is 0 Å². The molecule has 110 valence electrons. The first-order valence-electron chi connectivity index (χ1n) is 7.48. The van der Waals surface area contributed by atoms with Gasteiger partial charge in [-0.3, -0.25) is 0 Å². The van der Waals surface area contributed by atoms with Crippen molar-refractivity contribution in [1.29, 1.82) is 0 Å². The molecule has 22 heavy (non-hydrogen) atoms. The van der Waals surface area contributed by atoms with Gasteiger partial charge in [0.1, 0.15) is 0 Å². The molecule has 0 fully saturated rings. The Balaban J connectivity index is 1.85. The molecule has 0 aliphatic heterocycles. The second-order valence-electron chi connectivity index (χ2n) is 5.46. The molecule has 0 spiro atoms. The zero-order chi connectivity index (χ0) is 15.4. The van der Waals surface area contributed by atoms with Crippen LogP contribution in [0.5, 0.6) is 0 Å². The quantitative estimate of drug-likeness (QED) is 0.635. The molecule has 2 heteroatoms. The van der Waals surface area contributed by atoms with Gasteiger partial charge in [0.15, 0.2) is 0 Å². The standard InChI is InChI=1S/C20H20N2/c1-15-13-20(22-18-11-7-4-8-12-18)16(2)14-19(15)21-17-9-5-3-6-10-17/h3-14,21-22H,1-2H3. The highest BCUT2D eigenvalue weighted by atomic mass is 14.9. The minimum atomic E-state index is 1.11. The van der Waals surface area contributed by atoms with Crippen LogP contribution in [0.25, 0.3) is 0 Å². The Bertz CT molecular complexity index is 682. The number of anilines is 4. The SMILES string of the molecule is Cc1cc(Nc2ccccc2)c(C)cc1Nc1ccccc1. The highest BCUT2D eigenvalue weighted by molar-refractivity contribution is 5.72. The van der Waals surface area contributed by atoms with Crippen molar-refractivity contribution in [2.45, 2.75) is 13.8 Å². The summed E-state index contributed by atoms with van der Waals surface area (Å²) in [5, 5.41) is 6.95. The van der Waals surface area contributed by atoms with Crippen LogP contribution >= 0.6 is 0 Å². The van der Waals surface area contributed by atoms with Crippen molar-refractivity contribution in [1.82, 2.24) is 0 Å². The molecule has 3 aromatic carbocycles. The van der Waals surface area contributed by atoms with Gasteiger partial charge in [-0.2, -0.15) is 0 Å². The third kappa shape index (κ3) is 3.29. The Kier molecular flexibility index (Phi) is 4.10. The third-order valence-electron chi connectivity index (χ3n) is 3.68. The minimum Gasteiger partial charge on any atom is -0.355 e. The van der Waals surface area contributed by atoms with E-state index in [0.29, 0.717) is 0 Å². The molecule has 3 aromatic rings. The topological polar surface area (TPSA) is 24.1 Å². The molecule has 0 heterocycles. The van der Waals surface area contributed by atoms with E-state index in [1.165, 1.54) is 11.1 Å². The maximum Gasteiger partial charge on any atom is 0.0418 e. The van der Waals surface area contributed by atoms with Crippen molar-refractivity contribution < 1.29 is 0 Å². The molecule has 0 aliphatic carbocycles. The van der Waals surface area contributed by atoms with Gasteiger partial charge in [-0.25, -0.2) is 0 Å². The molecule has 0 bridgehead atoms. The van der Waals surface area contributed by atoms with Crippen LogP contribution < -0.4 is 10.6 Å². The number of benzene rings is 3. The summed E-state index contributed by atoms with van der Waals surface area (Å²) in [7, 11) is 0. The highest BCUT2D eigenvalue weighted by Gasteiger charge is 2.05. The molecule has 0 saturated heterocycles. The van der Waals surface area contributed by atoms with Gasteiger partial charge in [0.05, 0.1) is 0 Å². The van der Waals surface area contributed by atoms with E-state index in [1.54, 1.807) is 0 Å². The van der Waals surface area contributed by atoms with Crippen LogP contribution in [-0.2, 0) is 0 Å². The number of hydrogen-bond acceptors (Lipinski definition) is 2. The largest absolute Gasteiger partial charge is 0.355 e. The molecular weight excluding hydrogens is 268 g/mol. The molecule has 0 aliphatic rings. The van der Waals surface area contributed by atoms with Crippen molar-refractivity contribution in [2.24, 2.45) is 0 Å². The summed E-state index contributed by atoms with van der Waals surface area (Å²) in [6.45, 7) is 4.25. The Morgan fingerprint density at radius 1 is 0.545 bits per heavy atom. The zero-order valence-electron chi connectivity index (χ0n) is 12.9. The number of para-hydroxylation sites is 2. The lowest BCUT2D eigenvalue weighted by molar-refractivity contribution is 1.36. The fourth-order valence-corrected chi connectivity index (χ4v) is 2.44. The first-order valence-corrected chi connectivity index (χ1v) is 7.48. The van der Waals surface area contributed by atoms with Gasteiger partial charge in [0.25, 0.3) is 0 Å². The first kappa shape index (κ1) is 14.2. The Hall–Kier alpha value is -2.74. The average molecular weight is 288 g/mol. The van der Waals surface area contributed by atoms with Crippen molar-refractivity contribution in [3.63, 3.8) is 0 Å². The summed E-state index contributed by atoms with van der Waals surface area (Å²) in [4.78, 5) is 0. The van der Waals surface area contributed by atoms with E-state index >= 15 is 0 Å². The lowest BCUT2D eigenvalue weighted by Gasteiger charge is -2.15. The average Bonchev–Trinajstić information content (AvgIpc) is 2.54. The second-order valence-corrected chi connectivity index (χ2v) is 5.46. The zero-order valence-corrected chi connectivity index (χ0v) is 12.9. The van der Waals surface area contributed by atoms with Crippen LogP contribution in [-0.4, -0.2) is 0 Å². The summed E-state index contributed by atoms with van der Waals surface area (Å²) < 4.78 is 0. The fraction of sp³-hybridized carbons (Fsp3) is 0.100. The van der Waals surface area contributed by atoms with Crippen LogP contribution in [0.4, 0.5) is 22.7 Å². The highest BCUT2D eigenvalue weighted by Crippen LogP contribution is 2.28. The van der Waals surface area contributed by atoms with Gasteiger partial charge in [0.2, 0.25) is 0 Å². The normalized spacial score (nSPS) is 10.3. The number of rotatable bonds is 4. The second kappa shape index (κ2) is 6.35. The smallest absolute Gasteiger partial charge is 0.0418 e. The van der Waals surface area contributed by atoms with Crippen LogP contribution in [0.1, 0.15) is 11.1 Å². The van der Waals surface area contributed by atoms with E-state index in [-0.39, 0.29) is 0 Å². The summed E-state index contributed by atoms with van der Waals surface area (Å²) >= 11 is 0. The van der Waals surface area contributed by atoms with Crippen LogP contribution in [0.3, 0.4) is 0 Å². The monoisotopic (exact) mass is 288 g/mol. The molecule has 0 amide bonds. The maximum absolute atomic E-state index is 3.48. The summed E-state index contributed by atoms with van der Waals surface area (Å²) in [5.41, 5.74) is 6.92. The van der Waals surface area contributed by atoms with Crippen molar-refractivity contribution in [3.8, 4) is 0 Å². The Labute approximate surface area is 131 Å². The lowest BCUT2D eigenvalue weighted by atomic mass is 10.1. The molecule has 2 nitrogen and oxygen atoms in total. The van der Waals surface area contributed by atoms with E-state index < -0.39 is 0 Å². The van der Waals surface area contributed by atoms with Gasteiger partial charge < -0.3 is 10.6 Å². The van der Waals surface area contributed by atoms with Crippen molar-refractivity contribution in [3.05, 3.63) is 83.9 Å². The Morgan fingerprint density at radius 2 is 0.909 bits per heavy atom. The third-order valence-corrected chi connectivity index (χ3v) is 3.68. The van der Waals surface area contributed by atoms with E-state index in [4.69, 9.17) is 0 Å². The maximum atomic E-state index is 3.48. The van der Waals surface area contributed by atoms with Gasteiger partial charge in [-0.1, -0.05) is 36.4 Å². The van der Waals surface area contributed by atoms with E-state index in [9.17, 15) is 0 Å². The number of nitrogens with one attached hydrogen (secondary N) is 2. The Morgan fingerprint density at radius 3 is 1.27 bits per heavy atom. The van der Waals surface area contributed by atoms with Gasteiger partial charge in [-0.05, 0) is 61.4 Å². The molecular formula is C20H20N2. The van der Waals surface area contributed by atoms with Crippen molar-refractivity contribution >= 4 is 22.7 Å². The van der Waals surface area contributed by atoms with Crippen molar-refractivity contribution in [2.75, 3.05) is 10.6 Å². The van der Waals surface area contributed by atoms with Crippen LogP contribution in [0.15, 0.2) is 72.8 Å². The lowest BCUT2D eigenvalue weighted by Crippen LogP contribution is -1.98. The molecule has 3 rings (SSSR count). The van der Waals surface area contributed by atoms with E-state index in [0.717, 1.165) is 22.7 Å². The summed E-state index contributed by atoms with van der Waals surface area (Å²) in [6.07, 6.45) is 0. The molecule has 0 saturated carbocycles. The van der Waals surface area contributed by atoms with Gasteiger partial charge in [0, 0.05) is 22.7 Å². The predicted molar refractivity (Wildman–Crippen MR) is 95.4 cm³/mol. The molecule has 0 aromatic heterocycles. The molecule has 0 unspecified atom stereocenters. The molecule has 2 N–H and O–H groups in total. The molecule has 0 radical (unpaired) electrons. The first-order chi connectivity index (χ1) is 10.7. The summed E-state index contributed by atoms with van der Waals surface area (Å²) in [5.74, 6) is 0. The number of aryl methyl sites for hydroxylation is 2. The fourth-order valence-electron chi connectivity index (χ4n) is 2.44. The van der Waals surface area contributed by atoms with Gasteiger partial charge in [-0.15, -0.1) is 0 Å².